The standard InChI is InChI=1S/C19H24N4O4.C2HF3O2/c20-9-3-1-2-4-10-21-12-5-6-13-14(11-12)19(27)23(18(13)26)15-7-8-16(24)22-17(15)25;3-2(4,5)1(6)7/h5-6,11,15,21H,1-4,7-10,20H2,(H,22,24,25);(H,6,7). The van der Waals surface area contributed by atoms with Crippen molar-refractivity contribution in [2.45, 2.75) is 50.7 Å². The zero-order valence-electron chi connectivity index (χ0n) is 18.1. The van der Waals surface area contributed by atoms with Crippen molar-refractivity contribution in [3.05, 3.63) is 29.3 Å². The number of imide groups is 2. The van der Waals surface area contributed by atoms with Crippen molar-refractivity contribution < 1.29 is 42.3 Å². The fourth-order valence-corrected chi connectivity index (χ4v) is 3.44. The molecule has 0 saturated carbocycles. The lowest BCUT2D eigenvalue weighted by Crippen LogP contribution is -2.54. The third-order valence-corrected chi connectivity index (χ3v) is 5.14. The second-order valence-electron chi connectivity index (χ2n) is 7.64. The molecule has 34 heavy (non-hydrogen) atoms. The third-order valence-electron chi connectivity index (χ3n) is 5.14. The fraction of sp³-hybridized carbons (Fsp3) is 0.476. The van der Waals surface area contributed by atoms with E-state index in [4.69, 9.17) is 15.6 Å². The number of aliphatic carboxylic acids is 1. The lowest BCUT2D eigenvalue weighted by atomic mass is 10.0. The number of halogens is 3. The van der Waals surface area contributed by atoms with Gasteiger partial charge in [0, 0.05) is 18.7 Å². The minimum absolute atomic E-state index is 0.112. The molecule has 0 aliphatic carbocycles. The second-order valence-corrected chi connectivity index (χ2v) is 7.64. The zero-order chi connectivity index (χ0) is 25.5. The average Bonchev–Trinajstić information content (AvgIpc) is 3.00. The molecule has 5 N–H and O–H groups in total. The lowest BCUT2D eigenvalue weighted by Gasteiger charge is -2.27. The van der Waals surface area contributed by atoms with Gasteiger partial charge in [-0.25, -0.2) is 4.79 Å². The van der Waals surface area contributed by atoms with Gasteiger partial charge in [-0.15, -0.1) is 0 Å². The van der Waals surface area contributed by atoms with E-state index in [1.807, 2.05) is 0 Å². The molecular formula is C21H25F3N4O6. The van der Waals surface area contributed by atoms with Crippen molar-refractivity contribution in [3.8, 4) is 0 Å². The number of hydrogen-bond acceptors (Lipinski definition) is 7. The van der Waals surface area contributed by atoms with Crippen molar-refractivity contribution in [3.63, 3.8) is 0 Å². The van der Waals surface area contributed by atoms with Gasteiger partial charge in [0.15, 0.2) is 0 Å². The normalized spacial score (nSPS) is 17.6. The van der Waals surface area contributed by atoms with E-state index in [-0.39, 0.29) is 29.9 Å². The number of anilines is 1. The molecule has 0 spiro atoms. The number of fused-ring (bicyclic) bond motifs is 1. The van der Waals surface area contributed by atoms with Gasteiger partial charge < -0.3 is 16.2 Å². The van der Waals surface area contributed by atoms with Crippen LogP contribution in [0.1, 0.15) is 59.2 Å². The summed E-state index contributed by atoms with van der Waals surface area (Å²) in [6.45, 7) is 1.47. The molecule has 13 heteroatoms. The number of carboxylic acid groups (broad SMARTS) is 1. The Morgan fingerprint density at radius 2 is 1.71 bits per heavy atom. The Morgan fingerprint density at radius 1 is 1.09 bits per heavy atom. The van der Waals surface area contributed by atoms with Gasteiger partial charge in [0.2, 0.25) is 11.8 Å². The van der Waals surface area contributed by atoms with Crippen molar-refractivity contribution in [2.24, 2.45) is 5.73 Å². The van der Waals surface area contributed by atoms with Crippen LogP contribution in [0.5, 0.6) is 0 Å². The highest BCUT2D eigenvalue weighted by molar-refractivity contribution is 6.23. The summed E-state index contributed by atoms with van der Waals surface area (Å²) in [7, 11) is 0. The van der Waals surface area contributed by atoms with Crippen LogP contribution < -0.4 is 16.4 Å². The SMILES string of the molecule is NCCCCCCNc1ccc2c(c1)C(=O)N(C1CCC(=O)NC1=O)C2=O.O=C(O)C(F)(F)F. The van der Waals surface area contributed by atoms with E-state index < -0.39 is 35.9 Å². The summed E-state index contributed by atoms with van der Waals surface area (Å²) in [5.41, 5.74) is 6.81. The molecule has 2 heterocycles. The first-order chi connectivity index (χ1) is 16.0. The van der Waals surface area contributed by atoms with Gasteiger partial charge in [-0.2, -0.15) is 13.2 Å². The summed E-state index contributed by atoms with van der Waals surface area (Å²) in [5.74, 6) is -4.72. The molecule has 0 bridgehead atoms. The number of hydrogen-bond donors (Lipinski definition) is 4. The van der Waals surface area contributed by atoms with Crippen molar-refractivity contribution in [2.75, 3.05) is 18.4 Å². The number of rotatable bonds is 8. The summed E-state index contributed by atoms with van der Waals surface area (Å²) >= 11 is 0. The predicted octanol–water partition coefficient (Wildman–Crippen LogP) is 1.65. The first kappa shape index (κ1) is 26.8. The topological polar surface area (TPSA) is 159 Å². The number of amides is 4. The van der Waals surface area contributed by atoms with Crippen LogP contribution >= 0.6 is 0 Å². The Labute approximate surface area is 192 Å². The number of benzene rings is 1. The zero-order valence-corrected chi connectivity index (χ0v) is 18.1. The van der Waals surface area contributed by atoms with Crippen LogP contribution in [-0.4, -0.2) is 64.9 Å². The van der Waals surface area contributed by atoms with Crippen molar-refractivity contribution in [1.82, 2.24) is 10.2 Å². The quantitative estimate of drug-likeness (QED) is 0.319. The maximum absolute atomic E-state index is 12.7. The molecule has 1 aromatic carbocycles. The minimum Gasteiger partial charge on any atom is -0.475 e. The number of carbonyl (C=O) groups excluding carboxylic acids is 4. The highest BCUT2D eigenvalue weighted by Crippen LogP contribution is 2.29. The van der Waals surface area contributed by atoms with E-state index in [1.165, 1.54) is 0 Å². The van der Waals surface area contributed by atoms with Crippen molar-refractivity contribution >= 4 is 35.3 Å². The van der Waals surface area contributed by atoms with E-state index >= 15 is 0 Å². The maximum Gasteiger partial charge on any atom is 0.490 e. The third kappa shape index (κ3) is 6.76. The molecule has 10 nitrogen and oxygen atoms in total. The molecule has 186 valence electrons. The molecule has 0 radical (unpaired) electrons. The number of nitrogens with one attached hydrogen (secondary N) is 2. The van der Waals surface area contributed by atoms with Crippen molar-refractivity contribution in [1.29, 1.82) is 0 Å². The summed E-state index contributed by atoms with van der Waals surface area (Å²) in [6, 6.07) is 4.09. The highest BCUT2D eigenvalue weighted by atomic mass is 19.4. The number of nitrogens with two attached hydrogens (primary N) is 1. The smallest absolute Gasteiger partial charge is 0.475 e. The molecule has 1 fully saturated rings. The molecule has 4 amide bonds. The van der Waals surface area contributed by atoms with Gasteiger partial charge >= 0.3 is 12.1 Å². The maximum atomic E-state index is 12.7. The predicted molar refractivity (Wildman–Crippen MR) is 113 cm³/mol. The molecule has 2 aliphatic heterocycles. The van der Waals surface area contributed by atoms with Crippen LogP contribution in [0.4, 0.5) is 18.9 Å². The van der Waals surface area contributed by atoms with Gasteiger partial charge in [0.25, 0.3) is 11.8 Å². The molecule has 1 atom stereocenters. The number of piperidine rings is 1. The highest BCUT2D eigenvalue weighted by Gasteiger charge is 2.44. The van der Waals surface area contributed by atoms with Crippen LogP contribution in [0.25, 0.3) is 0 Å². The Kier molecular flexibility index (Phi) is 9.12. The Hall–Kier alpha value is -3.48. The molecule has 1 unspecified atom stereocenters. The van der Waals surface area contributed by atoms with Gasteiger partial charge in [-0.3, -0.25) is 29.4 Å². The number of carbonyl (C=O) groups is 5. The molecule has 1 aromatic rings. The van der Waals surface area contributed by atoms with Crippen LogP contribution in [-0.2, 0) is 14.4 Å². The van der Waals surface area contributed by atoms with E-state index in [0.717, 1.165) is 42.8 Å². The van der Waals surface area contributed by atoms with Gasteiger partial charge in [0.1, 0.15) is 6.04 Å². The molecular weight excluding hydrogens is 461 g/mol. The van der Waals surface area contributed by atoms with E-state index in [1.54, 1.807) is 18.2 Å². The van der Waals surface area contributed by atoms with E-state index in [0.29, 0.717) is 6.54 Å². The van der Waals surface area contributed by atoms with E-state index in [9.17, 15) is 32.3 Å². The van der Waals surface area contributed by atoms with Crippen LogP contribution in [0.3, 0.4) is 0 Å². The van der Waals surface area contributed by atoms with E-state index in [2.05, 4.69) is 10.6 Å². The first-order valence-electron chi connectivity index (χ1n) is 10.6. The molecule has 1 saturated heterocycles. The Morgan fingerprint density at radius 3 is 2.29 bits per heavy atom. The lowest BCUT2D eigenvalue weighted by molar-refractivity contribution is -0.192. The Balaban J connectivity index is 0.000000509. The average molecular weight is 486 g/mol. The number of alkyl halides is 3. The minimum atomic E-state index is -5.08. The van der Waals surface area contributed by atoms with Crippen LogP contribution in [0, 0.1) is 0 Å². The number of unbranched alkanes of at least 4 members (excludes halogenated alkanes) is 3. The first-order valence-corrected chi connectivity index (χ1v) is 10.6. The summed E-state index contributed by atoms with van der Waals surface area (Å²) in [5, 5.41) is 12.6. The fourth-order valence-electron chi connectivity index (χ4n) is 3.44. The van der Waals surface area contributed by atoms with Gasteiger partial charge in [-0.05, 0) is 44.0 Å². The summed E-state index contributed by atoms with van der Waals surface area (Å²) in [4.78, 5) is 58.6. The summed E-state index contributed by atoms with van der Waals surface area (Å²) in [6.07, 6.45) is -0.630. The van der Waals surface area contributed by atoms with Crippen LogP contribution in [0.2, 0.25) is 0 Å². The molecule has 3 rings (SSSR count). The molecule has 0 aromatic heterocycles. The second kappa shape index (κ2) is 11.6. The van der Waals surface area contributed by atoms with Gasteiger partial charge in [0.05, 0.1) is 11.1 Å². The van der Waals surface area contributed by atoms with Crippen LogP contribution in [0.15, 0.2) is 18.2 Å². The number of carboxylic acids is 1. The largest absolute Gasteiger partial charge is 0.490 e. The summed E-state index contributed by atoms with van der Waals surface area (Å²) < 4.78 is 31.7. The Bertz CT molecular complexity index is 966. The molecule has 2 aliphatic rings. The van der Waals surface area contributed by atoms with Gasteiger partial charge in [-0.1, -0.05) is 12.8 Å². The monoisotopic (exact) mass is 486 g/mol. The number of nitrogens with zero attached hydrogens (tertiary/aromatic N) is 1.